The molecule has 0 saturated heterocycles. The van der Waals surface area contributed by atoms with Gasteiger partial charge in [-0.2, -0.15) is 0 Å². The smallest absolute Gasteiger partial charge is 0.407 e. The Hall–Kier alpha value is -1.26. The normalized spacial score (nSPS) is 12.8. The van der Waals surface area contributed by atoms with Gasteiger partial charge in [0.2, 0.25) is 5.91 Å². The molecule has 0 aromatic heterocycles. The Balaban J connectivity index is 0. The molecule has 0 radical (unpaired) electrons. The van der Waals surface area contributed by atoms with Gasteiger partial charge in [0.1, 0.15) is 5.60 Å². The van der Waals surface area contributed by atoms with Crippen molar-refractivity contribution in [2.45, 2.75) is 73.5 Å². The van der Waals surface area contributed by atoms with Crippen molar-refractivity contribution < 1.29 is 14.3 Å². The maximum Gasteiger partial charge on any atom is 0.407 e. The second-order valence-electron chi connectivity index (χ2n) is 8.89. The van der Waals surface area contributed by atoms with Crippen molar-refractivity contribution in [2.75, 3.05) is 33.2 Å². The number of rotatable bonds is 10. The van der Waals surface area contributed by atoms with Gasteiger partial charge in [0.05, 0.1) is 6.54 Å². The molecule has 0 aliphatic carbocycles. The minimum absolute atomic E-state index is 0. The minimum atomic E-state index is -0.516. The highest BCUT2D eigenvalue weighted by Crippen LogP contribution is 2.11. The molecule has 3 N–H and O–H groups in total. The van der Waals surface area contributed by atoms with Crippen molar-refractivity contribution in [3.8, 4) is 0 Å². The van der Waals surface area contributed by atoms with Crippen LogP contribution in [0.5, 0.6) is 0 Å². The van der Waals surface area contributed by atoms with Crippen LogP contribution in [0.3, 0.4) is 0 Å². The van der Waals surface area contributed by atoms with Crippen LogP contribution in [-0.4, -0.2) is 67.7 Å². The number of carbonyl (C=O) groups excluding carboxylic acids is 2. The number of alkyl carbamates (subject to hydrolysis) is 1. The molecule has 2 amide bonds. The minimum Gasteiger partial charge on any atom is -0.444 e. The molecule has 0 spiro atoms. The summed E-state index contributed by atoms with van der Waals surface area (Å²) in [6, 6.07) is 0.000469. The molecule has 0 rings (SSSR count). The van der Waals surface area contributed by atoms with E-state index in [1.807, 2.05) is 53.5 Å². The third-order valence-electron chi connectivity index (χ3n) is 4.18. The Morgan fingerprint density at radius 1 is 1.10 bits per heavy atom. The van der Waals surface area contributed by atoms with E-state index in [1.54, 1.807) is 0 Å². The highest BCUT2D eigenvalue weighted by Gasteiger charge is 2.22. The maximum atomic E-state index is 12.1. The van der Waals surface area contributed by atoms with Crippen LogP contribution in [0, 0.1) is 11.8 Å². The number of carbonyl (C=O) groups is 2. The number of aliphatic imine (C=N–C) groups is 1. The number of amides is 2. The molecule has 1 unspecified atom stereocenters. The second-order valence-corrected chi connectivity index (χ2v) is 8.89. The van der Waals surface area contributed by atoms with E-state index in [0.29, 0.717) is 13.1 Å². The molecular formula is C21H44IN5O3. The van der Waals surface area contributed by atoms with E-state index >= 15 is 0 Å². The molecule has 0 fully saturated rings. The van der Waals surface area contributed by atoms with Crippen LogP contribution < -0.4 is 16.0 Å². The average Bonchev–Trinajstić information content (AvgIpc) is 2.58. The largest absolute Gasteiger partial charge is 0.444 e. The van der Waals surface area contributed by atoms with Crippen LogP contribution >= 0.6 is 24.0 Å². The molecule has 8 nitrogen and oxygen atoms in total. The summed E-state index contributed by atoms with van der Waals surface area (Å²) >= 11 is 0. The summed E-state index contributed by atoms with van der Waals surface area (Å²) < 4.78 is 5.38. The summed E-state index contributed by atoms with van der Waals surface area (Å²) in [5.41, 5.74) is -0.516. The first-order valence-electron chi connectivity index (χ1n) is 10.6. The molecule has 0 saturated carbocycles. The van der Waals surface area contributed by atoms with Crippen molar-refractivity contribution in [1.82, 2.24) is 20.9 Å². The number of halogens is 1. The van der Waals surface area contributed by atoms with Crippen LogP contribution in [0.4, 0.5) is 4.79 Å². The predicted molar refractivity (Wildman–Crippen MR) is 134 cm³/mol. The number of nitrogens with zero attached hydrogens (tertiary/aromatic N) is 2. The molecule has 30 heavy (non-hydrogen) atoms. The summed E-state index contributed by atoms with van der Waals surface area (Å²) in [7, 11) is 1.97. The Bertz CT molecular complexity index is 533. The van der Waals surface area contributed by atoms with Crippen molar-refractivity contribution >= 4 is 41.9 Å². The van der Waals surface area contributed by atoms with Gasteiger partial charge in [-0.25, -0.2) is 4.79 Å². The lowest BCUT2D eigenvalue weighted by Crippen LogP contribution is -2.45. The summed E-state index contributed by atoms with van der Waals surface area (Å²) in [5, 5.41) is 9.12. The van der Waals surface area contributed by atoms with Crippen molar-refractivity contribution in [1.29, 1.82) is 0 Å². The fraction of sp³-hybridized carbons (Fsp3) is 0.857. The number of hydrogen-bond donors (Lipinski definition) is 3. The standard InChI is InChI=1S/C21H43N5O3.HI/c1-10-22-19(24-13-12-23-18(27)16(4)5)26(9)14-11-17(15(2)3)25-20(28)29-21(6,7)8;/h15-17H,10-14H2,1-9H3,(H,22,24)(H,23,27)(H,25,28);1H. The number of ether oxygens (including phenoxy) is 1. The quantitative estimate of drug-likeness (QED) is 0.171. The molecule has 178 valence electrons. The predicted octanol–water partition coefficient (Wildman–Crippen LogP) is 3.21. The highest BCUT2D eigenvalue weighted by molar-refractivity contribution is 14.0. The lowest BCUT2D eigenvalue weighted by Gasteiger charge is -2.28. The van der Waals surface area contributed by atoms with Crippen LogP contribution in [0.2, 0.25) is 0 Å². The molecule has 0 aromatic carbocycles. The third kappa shape index (κ3) is 14.7. The molecular weight excluding hydrogens is 497 g/mol. The van der Waals surface area contributed by atoms with Gasteiger partial charge in [-0.05, 0) is 40.0 Å². The number of guanidine groups is 1. The van der Waals surface area contributed by atoms with Gasteiger partial charge < -0.3 is 25.6 Å². The summed E-state index contributed by atoms with van der Waals surface area (Å²) in [5.74, 6) is 1.07. The van der Waals surface area contributed by atoms with Gasteiger partial charge in [-0.1, -0.05) is 27.7 Å². The van der Waals surface area contributed by atoms with Crippen molar-refractivity contribution in [3.63, 3.8) is 0 Å². The summed E-state index contributed by atoms with van der Waals surface area (Å²) in [6.45, 7) is 18.0. The molecule has 0 aliphatic rings. The number of hydrogen-bond acceptors (Lipinski definition) is 4. The Kier molecular flexibility index (Phi) is 16.0. The van der Waals surface area contributed by atoms with E-state index in [1.165, 1.54) is 0 Å². The van der Waals surface area contributed by atoms with Crippen molar-refractivity contribution in [3.05, 3.63) is 0 Å². The second kappa shape index (κ2) is 15.5. The zero-order chi connectivity index (χ0) is 22.6. The van der Waals surface area contributed by atoms with Gasteiger partial charge in [0.25, 0.3) is 0 Å². The van der Waals surface area contributed by atoms with Crippen LogP contribution in [0.15, 0.2) is 4.99 Å². The average molecular weight is 542 g/mol. The summed E-state index contributed by atoms with van der Waals surface area (Å²) in [4.78, 5) is 30.4. The van der Waals surface area contributed by atoms with E-state index < -0.39 is 5.60 Å². The molecule has 1 atom stereocenters. The zero-order valence-corrected chi connectivity index (χ0v) is 22.6. The Morgan fingerprint density at radius 3 is 2.17 bits per heavy atom. The number of nitrogens with one attached hydrogen (secondary N) is 3. The van der Waals surface area contributed by atoms with Gasteiger partial charge in [-0.3, -0.25) is 9.79 Å². The third-order valence-corrected chi connectivity index (χ3v) is 4.18. The van der Waals surface area contributed by atoms with Gasteiger partial charge in [0.15, 0.2) is 5.96 Å². The first kappa shape index (κ1) is 30.9. The van der Waals surface area contributed by atoms with Crippen LogP contribution in [0.1, 0.15) is 61.8 Å². The first-order valence-corrected chi connectivity index (χ1v) is 10.6. The zero-order valence-electron chi connectivity index (χ0n) is 20.3. The fourth-order valence-corrected chi connectivity index (χ4v) is 2.48. The lowest BCUT2D eigenvalue weighted by molar-refractivity contribution is -0.123. The van der Waals surface area contributed by atoms with E-state index in [4.69, 9.17) is 4.74 Å². The van der Waals surface area contributed by atoms with Gasteiger partial charge in [0, 0.05) is 38.6 Å². The van der Waals surface area contributed by atoms with Crippen LogP contribution in [0.25, 0.3) is 0 Å². The van der Waals surface area contributed by atoms with Gasteiger partial charge >= 0.3 is 6.09 Å². The van der Waals surface area contributed by atoms with E-state index in [-0.39, 0.29) is 53.9 Å². The molecule has 0 aliphatic heterocycles. The first-order chi connectivity index (χ1) is 13.4. The van der Waals surface area contributed by atoms with E-state index in [2.05, 4.69) is 34.8 Å². The maximum absolute atomic E-state index is 12.1. The topological polar surface area (TPSA) is 95.1 Å². The monoisotopic (exact) mass is 541 g/mol. The van der Waals surface area contributed by atoms with Crippen molar-refractivity contribution in [2.24, 2.45) is 16.8 Å². The summed E-state index contributed by atoms with van der Waals surface area (Å²) in [6.07, 6.45) is 0.377. The molecule has 0 heterocycles. The van der Waals surface area contributed by atoms with E-state index in [0.717, 1.165) is 25.5 Å². The van der Waals surface area contributed by atoms with Gasteiger partial charge in [-0.15, -0.1) is 24.0 Å². The lowest BCUT2D eigenvalue weighted by atomic mass is 10.0. The fourth-order valence-electron chi connectivity index (χ4n) is 2.48. The Morgan fingerprint density at radius 2 is 1.70 bits per heavy atom. The van der Waals surface area contributed by atoms with E-state index in [9.17, 15) is 9.59 Å². The highest BCUT2D eigenvalue weighted by atomic mass is 127. The SMILES string of the molecule is CCNC(=NCCNC(=O)C(C)C)N(C)CCC(NC(=O)OC(C)(C)C)C(C)C.I. The Labute approximate surface area is 200 Å². The molecule has 0 aromatic rings. The van der Waals surface area contributed by atoms with Crippen LogP contribution in [-0.2, 0) is 9.53 Å². The molecule has 0 bridgehead atoms. The molecule has 9 heteroatoms.